The van der Waals surface area contributed by atoms with Gasteiger partial charge >= 0.3 is 0 Å². The first-order chi connectivity index (χ1) is 17.0. The first kappa shape index (κ1) is 24.0. The number of carbonyl (C=O) groups excluding carboxylic acids is 1. The van der Waals surface area contributed by atoms with Gasteiger partial charge in [0.1, 0.15) is 11.4 Å². The van der Waals surface area contributed by atoms with Crippen molar-refractivity contribution in [2.75, 3.05) is 13.7 Å². The minimum atomic E-state index is -0.473. The van der Waals surface area contributed by atoms with Gasteiger partial charge in [-0.05, 0) is 36.8 Å². The second kappa shape index (κ2) is 10.9. The molecular weight excluding hydrogens is 445 g/mol. The number of carbonyl (C=O) groups is 1. The lowest BCUT2D eigenvalue weighted by Gasteiger charge is -2.23. The molecule has 0 aliphatic rings. The maximum absolute atomic E-state index is 14.4. The molecule has 0 saturated carbocycles. The Balaban J connectivity index is 1.77. The molecule has 4 aromatic rings. The topological polar surface area (TPSA) is 56.6 Å². The van der Waals surface area contributed by atoms with E-state index >= 15 is 0 Å². The number of amides is 1. The zero-order chi connectivity index (χ0) is 24.8. The average molecular weight is 474 g/mol. The highest BCUT2D eigenvalue weighted by Gasteiger charge is 2.25. The van der Waals surface area contributed by atoms with Crippen molar-refractivity contribution in [1.29, 1.82) is 0 Å². The van der Waals surface area contributed by atoms with E-state index in [2.05, 4.69) is 0 Å². The Morgan fingerprint density at radius 1 is 1.03 bits per heavy atom. The van der Waals surface area contributed by atoms with Crippen molar-refractivity contribution in [2.45, 2.75) is 19.9 Å². The van der Waals surface area contributed by atoms with Gasteiger partial charge in [-0.3, -0.25) is 4.79 Å². The summed E-state index contributed by atoms with van der Waals surface area (Å²) >= 11 is 0. The molecule has 1 aromatic heterocycles. The minimum absolute atomic E-state index is 0.0949. The highest BCUT2D eigenvalue weighted by Crippen LogP contribution is 2.35. The lowest BCUT2D eigenvalue weighted by atomic mass is 10.1. The highest BCUT2D eigenvalue weighted by molar-refractivity contribution is 5.94. The van der Waals surface area contributed by atoms with E-state index in [0.717, 1.165) is 12.0 Å². The molecule has 3 aromatic carbocycles. The quantitative estimate of drug-likeness (QED) is 0.296. The first-order valence-corrected chi connectivity index (χ1v) is 11.5. The van der Waals surface area contributed by atoms with Gasteiger partial charge in [0.15, 0.2) is 11.6 Å². The van der Waals surface area contributed by atoms with Gasteiger partial charge in [0.25, 0.3) is 5.91 Å². The molecule has 6 nitrogen and oxygen atoms in total. The van der Waals surface area contributed by atoms with Crippen LogP contribution >= 0.6 is 0 Å². The Morgan fingerprint density at radius 2 is 1.77 bits per heavy atom. The number of halogens is 1. The summed E-state index contributed by atoms with van der Waals surface area (Å²) in [6, 6.07) is 23.0. The lowest BCUT2D eigenvalue weighted by molar-refractivity contribution is 0.0742. The van der Waals surface area contributed by atoms with Gasteiger partial charge in [-0.15, -0.1) is 0 Å². The summed E-state index contributed by atoms with van der Waals surface area (Å²) in [5, 5.41) is 4.69. The Bertz CT molecular complexity index is 1300. The van der Waals surface area contributed by atoms with Gasteiger partial charge in [-0.2, -0.15) is 5.10 Å². The Labute approximate surface area is 204 Å². The predicted octanol–water partition coefficient (Wildman–Crippen LogP) is 6.08. The number of aromatic nitrogens is 2. The summed E-state index contributed by atoms with van der Waals surface area (Å²) in [5.74, 6) is 0.484. The third-order valence-corrected chi connectivity index (χ3v) is 5.62. The number of hydrogen-bond donors (Lipinski definition) is 0. The number of aryl methyl sites for hydroxylation is 1. The molecule has 0 aliphatic carbocycles. The van der Waals surface area contributed by atoms with Crippen LogP contribution in [0.3, 0.4) is 0 Å². The second-order valence-corrected chi connectivity index (χ2v) is 8.11. The molecule has 180 valence electrons. The molecule has 7 heteroatoms. The lowest BCUT2D eigenvalue weighted by Crippen LogP contribution is -2.31. The fourth-order valence-corrected chi connectivity index (χ4v) is 3.93. The molecule has 0 fully saturated rings. The smallest absolute Gasteiger partial charge is 0.254 e. The van der Waals surface area contributed by atoms with Crippen LogP contribution in [0.1, 0.15) is 29.3 Å². The van der Waals surface area contributed by atoms with Gasteiger partial charge in [0.05, 0.1) is 19.2 Å². The molecule has 0 atom stereocenters. The van der Waals surface area contributed by atoms with E-state index in [4.69, 9.17) is 14.6 Å². The molecule has 0 bridgehead atoms. The largest absolute Gasteiger partial charge is 0.497 e. The van der Waals surface area contributed by atoms with Crippen molar-refractivity contribution in [3.05, 3.63) is 95.8 Å². The van der Waals surface area contributed by atoms with Crippen molar-refractivity contribution in [3.8, 4) is 28.6 Å². The monoisotopic (exact) mass is 473 g/mol. The van der Waals surface area contributed by atoms with Crippen molar-refractivity contribution in [2.24, 2.45) is 7.05 Å². The van der Waals surface area contributed by atoms with Crippen LogP contribution in [0.4, 0.5) is 4.39 Å². The maximum Gasteiger partial charge on any atom is 0.254 e. The third-order valence-electron chi connectivity index (χ3n) is 5.62. The Morgan fingerprint density at radius 3 is 2.49 bits per heavy atom. The van der Waals surface area contributed by atoms with Crippen molar-refractivity contribution >= 4 is 5.91 Å². The number of benzene rings is 3. The van der Waals surface area contributed by atoms with Gasteiger partial charge in [0.2, 0.25) is 5.88 Å². The fraction of sp³-hybridized carbons (Fsp3) is 0.214. The van der Waals surface area contributed by atoms with E-state index in [1.54, 1.807) is 66.2 Å². The van der Waals surface area contributed by atoms with Gasteiger partial charge < -0.3 is 14.4 Å². The number of rotatable bonds is 9. The highest BCUT2D eigenvalue weighted by atomic mass is 19.1. The summed E-state index contributed by atoms with van der Waals surface area (Å²) < 4.78 is 27.4. The van der Waals surface area contributed by atoms with Crippen LogP contribution in [0.2, 0.25) is 0 Å². The van der Waals surface area contributed by atoms with E-state index < -0.39 is 5.82 Å². The van der Waals surface area contributed by atoms with Crippen LogP contribution < -0.4 is 9.47 Å². The molecule has 0 saturated heterocycles. The number of methoxy groups -OCH3 is 1. The van der Waals surface area contributed by atoms with Gasteiger partial charge in [-0.25, -0.2) is 9.07 Å². The van der Waals surface area contributed by atoms with Crippen LogP contribution in [0.25, 0.3) is 11.3 Å². The van der Waals surface area contributed by atoms with Gasteiger partial charge in [-0.1, -0.05) is 55.5 Å². The van der Waals surface area contributed by atoms with Crippen LogP contribution in [-0.4, -0.2) is 34.2 Å². The fourth-order valence-electron chi connectivity index (χ4n) is 3.93. The summed E-state index contributed by atoms with van der Waals surface area (Å²) in [6.45, 7) is 2.79. The molecule has 0 aliphatic heterocycles. The summed E-state index contributed by atoms with van der Waals surface area (Å²) in [4.78, 5) is 15.3. The van der Waals surface area contributed by atoms with E-state index in [9.17, 15) is 9.18 Å². The SMILES string of the molecule is CCCN(Cc1c(-c2ccccc2)nn(C)c1Oc1ccccc1F)C(=O)c1cccc(OC)c1. The molecular formula is C28H28FN3O3. The number of para-hydroxylation sites is 1. The summed E-state index contributed by atoms with van der Waals surface area (Å²) in [6.07, 6.45) is 0.764. The molecule has 0 N–H and O–H groups in total. The van der Waals surface area contributed by atoms with Crippen LogP contribution in [-0.2, 0) is 13.6 Å². The number of hydrogen-bond acceptors (Lipinski definition) is 4. The van der Waals surface area contributed by atoms with Crippen LogP contribution in [0.15, 0.2) is 78.9 Å². The van der Waals surface area contributed by atoms with Crippen molar-refractivity contribution in [1.82, 2.24) is 14.7 Å². The van der Waals surface area contributed by atoms with E-state index in [0.29, 0.717) is 35.0 Å². The molecule has 4 rings (SSSR count). The van der Waals surface area contributed by atoms with E-state index in [-0.39, 0.29) is 18.2 Å². The van der Waals surface area contributed by atoms with E-state index in [1.807, 2.05) is 37.3 Å². The summed E-state index contributed by atoms with van der Waals surface area (Å²) in [7, 11) is 3.32. The molecule has 0 spiro atoms. The minimum Gasteiger partial charge on any atom is -0.497 e. The zero-order valence-corrected chi connectivity index (χ0v) is 20.1. The Hall–Kier alpha value is -4.13. The van der Waals surface area contributed by atoms with Crippen LogP contribution in [0, 0.1) is 5.82 Å². The molecule has 0 radical (unpaired) electrons. The Kier molecular flexibility index (Phi) is 7.45. The normalized spacial score (nSPS) is 10.7. The molecule has 0 unspecified atom stereocenters. The zero-order valence-electron chi connectivity index (χ0n) is 20.1. The number of nitrogens with zero attached hydrogens (tertiary/aromatic N) is 3. The standard InChI is InChI=1S/C28H28FN3O3/c1-4-17-32(27(33)21-13-10-14-22(18-21)34-3)19-23-26(20-11-6-5-7-12-20)30-31(2)28(23)35-25-16-9-8-15-24(25)29/h5-16,18H,4,17,19H2,1-3H3. The molecule has 1 heterocycles. The van der Waals surface area contributed by atoms with Crippen molar-refractivity contribution in [3.63, 3.8) is 0 Å². The molecule has 1 amide bonds. The van der Waals surface area contributed by atoms with Crippen LogP contribution in [0.5, 0.6) is 17.4 Å². The maximum atomic E-state index is 14.4. The van der Waals surface area contributed by atoms with E-state index in [1.165, 1.54) is 6.07 Å². The summed E-state index contributed by atoms with van der Waals surface area (Å²) in [5.41, 5.74) is 2.79. The number of ether oxygens (including phenoxy) is 2. The average Bonchev–Trinajstić information content (AvgIpc) is 3.19. The van der Waals surface area contributed by atoms with Crippen molar-refractivity contribution < 1.29 is 18.7 Å². The first-order valence-electron chi connectivity index (χ1n) is 11.5. The second-order valence-electron chi connectivity index (χ2n) is 8.11. The van der Waals surface area contributed by atoms with Gasteiger partial charge in [0, 0.05) is 24.7 Å². The predicted molar refractivity (Wildman–Crippen MR) is 133 cm³/mol. The molecule has 35 heavy (non-hydrogen) atoms. The third kappa shape index (κ3) is 5.35.